The first-order chi connectivity index (χ1) is 5.34. The second kappa shape index (κ2) is 4.22. The van der Waals surface area contributed by atoms with Crippen molar-refractivity contribution in [3.05, 3.63) is 31.5 Å². The van der Waals surface area contributed by atoms with Crippen LogP contribution in [0.2, 0.25) is 0 Å². The predicted octanol–water partition coefficient (Wildman–Crippen LogP) is 3.05. The maximum absolute atomic E-state index is 4.08. The topological polar surface area (TPSA) is 4.93 Å². The molecule has 1 radical (unpaired) electrons. The number of hydrogen-bond acceptors (Lipinski definition) is 0. The molecule has 0 aliphatic rings. The smallest absolute Gasteiger partial charge is 0.0331 e. The van der Waals surface area contributed by atoms with Crippen LogP contribution in [0.1, 0.15) is 32.2 Å². The molecule has 0 amide bonds. The Balaban J connectivity index is 2.36. The van der Waals surface area contributed by atoms with Gasteiger partial charge in [-0.05, 0) is 25.5 Å². The lowest BCUT2D eigenvalue weighted by Crippen LogP contribution is -2.01. The van der Waals surface area contributed by atoms with Gasteiger partial charge in [-0.3, -0.25) is 0 Å². The number of hydrogen-bond donors (Lipinski definition) is 0. The molecular formula is C10H16N. The summed E-state index contributed by atoms with van der Waals surface area (Å²) in [5.74, 6) is 0. The Kier molecular flexibility index (Phi) is 3.21. The molecule has 0 spiro atoms. The van der Waals surface area contributed by atoms with E-state index in [2.05, 4.69) is 30.8 Å². The zero-order chi connectivity index (χ0) is 8.10. The van der Waals surface area contributed by atoms with Crippen molar-refractivity contribution in [1.29, 1.82) is 0 Å². The molecule has 1 heterocycles. The van der Waals surface area contributed by atoms with E-state index < -0.39 is 0 Å². The van der Waals surface area contributed by atoms with Gasteiger partial charge >= 0.3 is 0 Å². The second-order valence-electron chi connectivity index (χ2n) is 2.93. The highest BCUT2D eigenvalue weighted by molar-refractivity contribution is 4.93. The highest BCUT2D eigenvalue weighted by Crippen LogP contribution is 2.13. The maximum atomic E-state index is 4.08. The van der Waals surface area contributed by atoms with E-state index in [1.807, 2.05) is 12.1 Å². The van der Waals surface area contributed by atoms with E-state index in [4.69, 9.17) is 0 Å². The molecule has 1 rings (SSSR count). The molecule has 0 N–H and O–H groups in total. The van der Waals surface area contributed by atoms with Crippen LogP contribution in [0.4, 0.5) is 0 Å². The van der Waals surface area contributed by atoms with Gasteiger partial charge in [0.05, 0.1) is 0 Å². The van der Waals surface area contributed by atoms with Gasteiger partial charge in [-0.2, -0.15) is 0 Å². The molecular weight excluding hydrogens is 134 g/mol. The fourth-order valence-electron chi connectivity index (χ4n) is 1.18. The fourth-order valence-corrected chi connectivity index (χ4v) is 1.18. The summed E-state index contributed by atoms with van der Waals surface area (Å²) in [7, 11) is 0. The van der Waals surface area contributed by atoms with E-state index in [0.29, 0.717) is 6.04 Å². The highest BCUT2D eigenvalue weighted by atomic mass is 15.0. The lowest BCUT2D eigenvalue weighted by Gasteiger charge is -2.11. The Morgan fingerprint density at radius 3 is 2.55 bits per heavy atom. The number of nitrogens with zero attached hydrogens (tertiary/aromatic N) is 1. The average molecular weight is 150 g/mol. The Labute approximate surface area is 69.0 Å². The molecule has 1 heteroatoms. The van der Waals surface area contributed by atoms with Gasteiger partial charge in [0.25, 0.3) is 0 Å². The third kappa shape index (κ3) is 2.41. The molecule has 0 saturated carbocycles. The third-order valence-corrected chi connectivity index (χ3v) is 1.94. The average Bonchev–Trinajstić information content (AvgIpc) is 2.52. The Hall–Kier alpha value is -0.720. The van der Waals surface area contributed by atoms with Gasteiger partial charge in [-0.25, -0.2) is 0 Å². The van der Waals surface area contributed by atoms with Crippen LogP contribution in [-0.4, -0.2) is 4.57 Å². The molecule has 1 nitrogen and oxygen atoms in total. The van der Waals surface area contributed by atoms with E-state index in [1.165, 1.54) is 19.3 Å². The normalized spacial score (nSPS) is 13.3. The maximum Gasteiger partial charge on any atom is 0.0331 e. The molecule has 61 valence electrons. The fraction of sp³-hybridized carbons (Fsp3) is 0.500. The Bertz CT molecular complexity index is 177. The van der Waals surface area contributed by atoms with Crippen LogP contribution in [-0.2, 0) is 0 Å². The van der Waals surface area contributed by atoms with E-state index in [9.17, 15) is 0 Å². The first-order valence-corrected chi connectivity index (χ1v) is 4.30. The lowest BCUT2D eigenvalue weighted by molar-refractivity contribution is 0.529. The summed E-state index contributed by atoms with van der Waals surface area (Å²) in [5.41, 5.74) is 0. The summed E-state index contributed by atoms with van der Waals surface area (Å²) >= 11 is 0. The van der Waals surface area contributed by atoms with Crippen molar-refractivity contribution < 1.29 is 0 Å². The number of aromatic nitrogens is 1. The van der Waals surface area contributed by atoms with Crippen molar-refractivity contribution in [3.8, 4) is 0 Å². The molecule has 0 aliphatic carbocycles. The quantitative estimate of drug-likeness (QED) is 0.621. The van der Waals surface area contributed by atoms with Crippen LogP contribution < -0.4 is 0 Å². The van der Waals surface area contributed by atoms with E-state index in [1.54, 1.807) is 0 Å². The van der Waals surface area contributed by atoms with Crippen molar-refractivity contribution in [2.24, 2.45) is 0 Å². The summed E-state index contributed by atoms with van der Waals surface area (Å²) in [5, 5.41) is 0. The summed E-state index contributed by atoms with van der Waals surface area (Å²) in [4.78, 5) is 0. The number of unbranched alkanes of at least 4 members (excludes halogenated alkanes) is 1. The molecule has 0 aliphatic heterocycles. The molecule has 1 aromatic rings. The molecule has 11 heavy (non-hydrogen) atoms. The Morgan fingerprint density at radius 1 is 1.36 bits per heavy atom. The van der Waals surface area contributed by atoms with E-state index >= 15 is 0 Å². The monoisotopic (exact) mass is 150 g/mol. The van der Waals surface area contributed by atoms with Crippen molar-refractivity contribution in [2.75, 3.05) is 0 Å². The van der Waals surface area contributed by atoms with Crippen LogP contribution in [0, 0.1) is 6.92 Å². The minimum absolute atomic E-state index is 0.421. The SMILES string of the molecule is [CH2]C(CCCC)n1cccc1. The highest BCUT2D eigenvalue weighted by Gasteiger charge is 2.00. The molecule has 0 bridgehead atoms. The largest absolute Gasteiger partial charge is 0.351 e. The predicted molar refractivity (Wildman–Crippen MR) is 48.4 cm³/mol. The van der Waals surface area contributed by atoms with Crippen molar-refractivity contribution in [3.63, 3.8) is 0 Å². The molecule has 0 fully saturated rings. The van der Waals surface area contributed by atoms with Crippen LogP contribution in [0.5, 0.6) is 0 Å². The van der Waals surface area contributed by atoms with Gasteiger partial charge < -0.3 is 4.57 Å². The van der Waals surface area contributed by atoms with Crippen LogP contribution in [0.3, 0.4) is 0 Å². The zero-order valence-electron chi connectivity index (χ0n) is 7.16. The third-order valence-electron chi connectivity index (χ3n) is 1.94. The van der Waals surface area contributed by atoms with Gasteiger partial charge in [0.15, 0.2) is 0 Å². The number of rotatable bonds is 4. The molecule has 0 aromatic carbocycles. The van der Waals surface area contributed by atoms with Gasteiger partial charge in [0, 0.05) is 18.4 Å². The Morgan fingerprint density at radius 2 is 2.00 bits per heavy atom. The zero-order valence-corrected chi connectivity index (χ0v) is 7.16. The molecule has 1 unspecified atom stereocenters. The van der Waals surface area contributed by atoms with Crippen molar-refractivity contribution >= 4 is 0 Å². The van der Waals surface area contributed by atoms with E-state index in [0.717, 1.165) is 0 Å². The first-order valence-electron chi connectivity index (χ1n) is 4.30. The van der Waals surface area contributed by atoms with Crippen molar-refractivity contribution in [2.45, 2.75) is 32.2 Å². The summed E-state index contributed by atoms with van der Waals surface area (Å²) in [6.07, 6.45) is 7.87. The van der Waals surface area contributed by atoms with Crippen LogP contribution in [0.25, 0.3) is 0 Å². The summed E-state index contributed by atoms with van der Waals surface area (Å²) in [6, 6.07) is 4.51. The minimum atomic E-state index is 0.421. The van der Waals surface area contributed by atoms with Crippen molar-refractivity contribution in [1.82, 2.24) is 4.57 Å². The van der Waals surface area contributed by atoms with E-state index in [-0.39, 0.29) is 0 Å². The van der Waals surface area contributed by atoms with Crippen LogP contribution in [0.15, 0.2) is 24.5 Å². The van der Waals surface area contributed by atoms with Gasteiger partial charge in [0.2, 0.25) is 0 Å². The van der Waals surface area contributed by atoms with Crippen LogP contribution >= 0.6 is 0 Å². The molecule has 1 aromatic heterocycles. The van der Waals surface area contributed by atoms with Gasteiger partial charge in [0.1, 0.15) is 0 Å². The summed E-state index contributed by atoms with van der Waals surface area (Å²) in [6.45, 7) is 6.29. The lowest BCUT2D eigenvalue weighted by atomic mass is 10.1. The van der Waals surface area contributed by atoms with Gasteiger partial charge in [-0.1, -0.05) is 19.8 Å². The molecule has 0 saturated heterocycles. The summed E-state index contributed by atoms with van der Waals surface area (Å²) < 4.78 is 2.16. The second-order valence-corrected chi connectivity index (χ2v) is 2.93. The van der Waals surface area contributed by atoms with Gasteiger partial charge in [-0.15, -0.1) is 0 Å². The standard InChI is InChI=1S/C10H16N/c1-3-4-7-10(2)11-8-5-6-9-11/h5-6,8-10H,2-4,7H2,1H3. The first kappa shape index (κ1) is 8.38. The molecule has 1 atom stereocenters. The minimum Gasteiger partial charge on any atom is -0.351 e.